The summed E-state index contributed by atoms with van der Waals surface area (Å²) in [7, 11) is 1.62. The normalized spacial score (nSPS) is 10.8. The minimum absolute atomic E-state index is 0.264. The third-order valence-corrected chi connectivity index (χ3v) is 4.97. The van der Waals surface area contributed by atoms with Crippen molar-refractivity contribution in [1.82, 2.24) is 10.3 Å². The standard InChI is InChI=1S/C20H16N2O3S/c1-24-14-6-4-5-13(11-14)12-21-19(23)16-9-10-17(25-16)20-22-15-7-2-3-8-18(15)26-20/h2-11H,12H2,1H3,(H,21,23). The summed E-state index contributed by atoms with van der Waals surface area (Å²) in [4.78, 5) is 16.9. The molecule has 26 heavy (non-hydrogen) atoms. The van der Waals surface area contributed by atoms with E-state index in [2.05, 4.69) is 10.3 Å². The minimum Gasteiger partial charge on any atom is -0.497 e. The van der Waals surface area contributed by atoms with Crippen molar-refractivity contribution < 1.29 is 13.9 Å². The molecule has 0 bridgehead atoms. The van der Waals surface area contributed by atoms with Gasteiger partial charge in [-0.05, 0) is 42.0 Å². The number of rotatable bonds is 5. The smallest absolute Gasteiger partial charge is 0.287 e. The van der Waals surface area contributed by atoms with Gasteiger partial charge in [-0.15, -0.1) is 11.3 Å². The van der Waals surface area contributed by atoms with E-state index in [-0.39, 0.29) is 11.7 Å². The van der Waals surface area contributed by atoms with Crippen LogP contribution in [0.4, 0.5) is 0 Å². The van der Waals surface area contributed by atoms with Gasteiger partial charge in [0.05, 0.1) is 17.3 Å². The maximum atomic E-state index is 12.3. The van der Waals surface area contributed by atoms with Gasteiger partial charge in [-0.3, -0.25) is 4.79 Å². The highest BCUT2D eigenvalue weighted by atomic mass is 32.1. The minimum atomic E-state index is -0.264. The predicted molar refractivity (Wildman–Crippen MR) is 101 cm³/mol. The molecule has 0 aliphatic carbocycles. The Morgan fingerprint density at radius 2 is 2.04 bits per heavy atom. The summed E-state index contributed by atoms with van der Waals surface area (Å²) >= 11 is 1.54. The number of thiazole rings is 1. The molecule has 130 valence electrons. The van der Waals surface area contributed by atoms with E-state index < -0.39 is 0 Å². The van der Waals surface area contributed by atoms with E-state index in [9.17, 15) is 4.79 Å². The number of amides is 1. The summed E-state index contributed by atoms with van der Waals surface area (Å²) in [5.41, 5.74) is 1.88. The zero-order valence-corrected chi connectivity index (χ0v) is 14.9. The zero-order valence-electron chi connectivity index (χ0n) is 14.1. The van der Waals surface area contributed by atoms with Crippen molar-refractivity contribution >= 4 is 27.5 Å². The lowest BCUT2D eigenvalue weighted by Gasteiger charge is -2.05. The van der Waals surface area contributed by atoms with E-state index in [0.717, 1.165) is 26.5 Å². The van der Waals surface area contributed by atoms with Crippen LogP contribution in [0.1, 0.15) is 16.1 Å². The number of carbonyl (C=O) groups is 1. The lowest BCUT2D eigenvalue weighted by molar-refractivity contribution is 0.0924. The molecule has 0 radical (unpaired) electrons. The average molecular weight is 364 g/mol. The van der Waals surface area contributed by atoms with Crippen LogP contribution in [0.25, 0.3) is 21.0 Å². The fourth-order valence-corrected chi connectivity index (χ4v) is 3.53. The summed E-state index contributed by atoms with van der Waals surface area (Å²) in [5.74, 6) is 1.35. The predicted octanol–water partition coefficient (Wildman–Crippen LogP) is 4.49. The van der Waals surface area contributed by atoms with Gasteiger partial charge in [-0.1, -0.05) is 24.3 Å². The number of fused-ring (bicyclic) bond motifs is 1. The lowest BCUT2D eigenvalue weighted by Crippen LogP contribution is -2.22. The molecule has 4 rings (SSSR count). The molecule has 0 atom stereocenters. The molecule has 2 aromatic carbocycles. The van der Waals surface area contributed by atoms with Crippen molar-refractivity contribution in [3.8, 4) is 16.5 Å². The van der Waals surface area contributed by atoms with Gasteiger partial charge in [-0.2, -0.15) is 0 Å². The molecule has 2 heterocycles. The Morgan fingerprint density at radius 3 is 2.88 bits per heavy atom. The second-order valence-corrected chi connectivity index (χ2v) is 6.72. The highest BCUT2D eigenvalue weighted by Crippen LogP contribution is 2.31. The van der Waals surface area contributed by atoms with Crippen LogP contribution in [0.5, 0.6) is 5.75 Å². The van der Waals surface area contributed by atoms with E-state index >= 15 is 0 Å². The maximum Gasteiger partial charge on any atom is 0.287 e. The molecule has 1 amide bonds. The Balaban J connectivity index is 1.47. The first kappa shape index (κ1) is 16.4. The van der Waals surface area contributed by atoms with Gasteiger partial charge in [-0.25, -0.2) is 4.98 Å². The first-order valence-corrected chi connectivity index (χ1v) is 8.91. The number of nitrogens with zero attached hydrogens (tertiary/aromatic N) is 1. The van der Waals surface area contributed by atoms with Crippen molar-refractivity contribution in [1.29, 1.82) is 0 Å². The largest absolute Gasteiger partial charge is 0.497 e. The van der Waals surface area contributed by atoms with E-state index in [0.29, 0.717) is 12.3 Å². The number of hydrogen-bond acceptors (Lipinski definition) is 5. The number of carbonyl (C=O) groups excluding carboxylic acids is 1. The molecule has 0 fully saturated rings. The SMILES string of the molecule is COc1cccc(CNC(=O)c2ccc(-c3nc4ccccc4s3)o2)c1. The molecule has 4 aromatic rings. The van der Waals surface area contributed by atoms with Gasteiger partial charge in [0.2, 0.25) is 0 Å². The Labute approximate surface area is 154 Å². The number of ether oxygens (including phenoxy) is 1. The molecule has 1 N–H and O–H groups in total. The van der Waals surface area contributed by atoms with E-state index in [1.807, 2.05) is 48.5 Å². The van der Waals surface area contributed by atoms with Crippen LogP contribution in [0, 0.1) is 0 Å². The Kier molecular flexibility index (Phi) is 4.41. The van der Waals surface area contributed by atoms with E-state index in [4.69, 9.17) is 9.15 Å². The Morgan fingerprint density at radius 1 is 1.15 bits per heavy atom. The van der Waals surface area contributed by atoms with Crippen molar-refractivity contribution in [2.75, 3.05) is 7.11 Å². The molecule has 0 saturated heterocycles. The molecule has 0 aliphatic rings. The van der Waals surface area contributed by atoms with Crippen LogP contribution in [0.3, 0.4) is 0 Å². The molecule has 0 aliphatic heterocycles. The lowest BCUT2D eigenvalue weighted by atomic mass is 10.2. The van der Waals surface area contributed by atoms with Crippen molar-refractivity contribution in [3.05, 3.63) is 72.0 Å². The molecule has 0 unspecified atom stereocenters. The maximum absolute atomic E-state index is 12.3. The number of hydrogen-bond donors (Lipinski definition) is 1. The number of benzene rings is 2. The molecular formula is C20H16N2O3S. The fourth-order valence-electron chi connectivity index (χ4n) is 2.60. The van der Waals surface area contributed by atoms with Crippen LogP contribution in [0.2, 0.25) is 0 Å². The highest BCUT2D eigenvalue weighted by molar-refractivity contribution is 7.21. The van der Waals surface area contributed by atoms with Crippen LogP contribution < -0.4 is 10.1 Å². The second kappa shape index (κ2) is 7.01. The van der Waals surface area contributed by atoms with Gasteiger partial charge in [0.25, 0.3) is 5.91 Å². The number of aromatic nitrogens is 1. The summed E-state index contributed by atoms with van der Waals surface area (Å²) in [6, 6.07) is 18.9. The molecular weight excluding hydrogens is 348 g/mol. The number of methoxy groups -OCH3 is 1. The first-order valence-electron chi connectivity index (χ1n) is 8.10. The summed E-state index contributed by atoms with van der Waals surface area (Å²) < 4.78 is 12.0. The Hall–Kier alpha value is -3.12. The van der Waals surface area contributed by atoms with Gasteiger partial charge in [0, 0.05) is 6.54 Å². The third kappa shape index (κ3) is 3.32. The highest BCUT2D eigenvalue weighted by Gasteiger charge is 2.14. The molecule has 0 saturated carbocycles. The summed E-state index contributed by atoms with van der Waals surface area (Å²) in [6.07, 6.45) is 0. The van der Waals surface area contributed by atoms with Gasteiger partial charge in [0.1, 0.15) is 5.75 Å². The van der Waals surface area contributed by atoms with Gasteiger partial charge < -0.3 is 14.5 Å². The second-order valence-electron chi connectivity index (χ2n) is 5.68. The number of para-hydroxylation sites is 1. The topological polar surface area (TPSA) is 64.4 Å². The molecule has 5 nitrogen and oxygen atoms in total. The van der Waals surface area contributed by atoms with E-state index in [1.165, 1.54) is 11.3 Å². The quantitative estimate of drug-likeness (QED) is 0.566. The van der Waals surface area contributed by atoms with Crippen LogP contribution in [0.15, 0.2) is 65.1 Å². The van der Waals surface area contributed by atoms with Crippen molar-refractivity contribution in [3.63, 3.8) is 0 Å². The molecule has 2 aromatic heterocycles. The van der Waals surface area contributed by atoms with Crippen LogP contribution in [-0.4, -0.2) is 18.0 Å². The molecule has 0 spiro atoms. The number of furan rings is 1. The third-order valence-electron chi connectivity index (χ3n) is 3.92. The summed E-state index contributed by atoms with van der Waals surface area (Å²) in [6.45, 7) is 0.396. The van der Waals surface area contributed by atoms with Gasteiger partial charge in [0.15, 0.2) is 16.5 Å². The van der Waals surface area contributed by atoms with Crippen molar-refractivity contribution in [2.24, 2.45) is 0 Å². The Bertz CT molecular complexity index is 1030. The number of nitrogens with one attached hydrogen (secondary N) is 1. The monoisotopic (exact) mass is 364 g/mol. The fraction of sp³-hybridized carbons (Fsp3) is 0.100. The molecule has 6 heteroatoms. The van der Waals surface area contributed by atoms with Gasteiger partial charge >= 0.3 is 0 Å². The first-order chi connectivity index (χ1) is 12.7. The van der Waals surface area contributed by atoms with Crippen molar-refractivity contribution in [2.45, 2.75) is 6.54 Å². The van der Waals surface area contributed by atoms with E-state index in [1.54, 1.807) is 19.2 Å². The zero-order chi connectivity index (χ0) is 17.9. The summed E-state index contributed by atoms with van der Waals surface area (Å²) in [5, 5.41) is 3.61. The van der Waals surface area contributed by atoms with Crippen LogP contribution >= 0.6 is 11.3 Å². The average Bonchev–Trinajstić information content (AvgIpc) is 3.33. The van der Waals surface area contributed by atoms with Crippen LogP contribution in [-0.2, 0) is 6.54 Å².